The normalized spacial score (nSPS) is 14.3. The van der Waals surface area contributed by atoms with Crippen molar-refractivity contribution in [2.75, 3.05) is 25.0 Å². The lowest BCUT2D eigenvalue weighted by molar-refractivity contribution is -0.137. The van der Waals surface area contributed by atoms with E-state index in [0.29, 0.717) is 18.8 Å². The first-order valence-electron chi connectivity index (χ1n) is 5.87. The highest BCUT2D eigenvalue weighted by Gasteiger charge is 2.38. The number of nitrogens with zero attached hydrogens (tertiary/aromatic N) is 3. The highest BCUT2D eigenvalue weighted by Crippen LogP contribution is 2.38. The first-order valence-corrected chi connectivity index (χ1v) is 6.25. The monoisotopic (exact) mass is 291 g/mol. The Morgan fingerprint density at radius 3 is 2.53 bits per heavy atom. The van der Waals surface area contributed by atoms with Gasteiger partial charge in [0.1, 0.15) is 11.0 Å². The Bertz CT molecular complexity index is 526. The van der Waals surface area contributed by atoms with Crippen molar-refractivity contribution in [3.05, 3.63) is 22.3 Å². The number of rotatable bonds is 4. The second-order valence-corrected chi connectivity index (χ2v) is 4.73. The molecule has 0 amide bonds. The van der Waals surface area contributed by atoms with E-state index < -0.39 is 11.7 Å². The molecule has 19 heavy (non-hydrogen) atoms. The Labute approximate surface area is 114 Å². The van der Waals surface area contributed by atoms with Crippen LogP contribution >= 0.6 is 11.6 Å². The summed E-state index contributed by atoms with van der Waals surface area (Å²) in [4.78, 5) is 9.49. The van der Waals surface area contributed by atoms with Crippen LogP contribution in [-0.2, 0) is 6.18 Å². The van der Waals surface area contributed by atoms with Crippen molar-refractivity contribution in [1.29, 1.82) is 0 Å². The third kappa shape index (κ3) is 3.00. The smallest absolute Gasteiger partial charge is 0.360 e. The molecular formula is C12H13ClF3N3. The molecule has 2 heterocycles. The van der Waals surface area contributed by atoms with Gasteiger partial charge in [0.15, 0.2) is 0 Å². The van der Waals surface area contributed by atoms with Gasteiger partial charge in [0.2, 0.25) is 0 Å². The van der Waals surface area contributed by atoms with E-state index in [1.165, 1.54) is 0 Å². The SMILES string of the molecule is CCCN(C)c1cc(C(F)(F)F)c(C2=NC2)c(Cl)n1. The third-order valence-corrected chi connectivity index (χ3v) is 3.10. The van der Waals surface area contributed by atoms with Crippen LogP contribution in [0.4, 0.5) is 19.0 Å². The Morgan fingerprint density at radius 1 is 1.42 bits per heavy atom. The fraction of sp³-hybridized carbons (Fsp3) is 0.500. The van der Waals surface area contributed by atoms with Gasteiger partial charge in [-0.25, -0.2) is 4.98 Å². The molecule has 0 bridgehead atoms. The van der Waals surface area contributed by atoms with E-state index in [1.807, 2.05) is 6.92 Å². The van der Waals surface area contributed by atoms with E-state index in [1.54, 1.807) is 11.9 Å². The van der Waals surface area contributed by atoms with Crippen molar-refractivity contribution < 1.29 is 13.2 Å². The van der Waals surface area contributed by atoms with Gasteiger partial charge in [0.25, 0.3) is 0 Å². The van der Waals surface area contributed by atoms with Crippen molar-refractivity contribution in [3.8, 4) is 0 Å². The largest absolute Gasteiger partial charge is 0.417 e. The summed E-state index contributed by atoms with van der Waals surface area (Å²) in [6.45, 7) is 2.85. The number of alkyl halides is 3. The van der Waals surface area contributed by atoms with Gasteiger partial charge < -0.3 is 4.90 Å². The highest BCUT2D eigenvalue weighted by molar-refractivity contribution is 6.34. The predicted octanol–water partition coefficient (Wildman–Crippen LogP) is 3.40. The molecule has 7 heteroatoms. The summed E-state index contributed by atoms with van der Waals surface area (Å²) in [6.07, 6.45) is -3.65. The van der Waals surface area contributed by atoms with E-state index in [9.17, 15) is 13.2 Å². The molecule has 0 aliphatic carbocycles. The summed E-state index contributed by atoms with van der Waals surface area (Å²) in [6, 6.07) is 1.04. The summed E-state index contributed by atoms with van der Waals surface area (Å²) in [5.74, 6) is 0.226. The van der Waals surface area contributed by atoms with Crippen molar-refractivity contribution >= 4 is 23.1 Å². The fourth-order valence-corrected chi connectivity index (χ4v) is 2.14. The molecule has 2 rings (SSSR count). The molecule has 1 aliphatic heterocycles. The van der Waals surface area contributed by atoms with Gasteiger partial charge in [0.05, 0.1) is 17.8 Å². The lowest BCUT2D eigenvalue weighted by Crippen LogP contribution is -2.21. The number of anilines is 1. The molecule has 0 radical (unpaired) electrons. The summed E-state index contributed by atoms with van der Waals surface area (Å²) in [5, 5.41) is -0.135. The maximum absolute atomic E-state index is 13.1. The second kappa shape index (κ2) is 5.00. The molecule has 1 aromatic rings. The zero-order valence-corrected chi connectivity index (χ0v) is 11.3. The van der Waals surface area contributed by atoms with Gasteiger partial charge in [-0.2, -0.15) is 13.2 Å². The lowest BCUT2D eigenvalue weighted by atomic mass is 10.1. The Kier molecular flexibility index (Phi) is 3.71. The number of aliphatic imine (C=N–C) groups is 1. The van der Waals surface area contributed by atoms with Gasteiger partial charge in [-0.15, -0.1) is 0 Å². The van der Waals surface area contributed by atoms with E-state index in [0.717, 1.165) is 12.5 Å². The summed E-state index contributed by atoms with van der Waals surface area (Å²) < 4.78 is 39.3. The lowest BCUT2D eigenvalue weighted by Gasteiger charge is -2.20. The minimum atomic E-state index is -4.46. The third-order valence-electron chi connectivity index (χ3n) is 2.82. The van der Waals surface area contributed by atoms with E-state index in [2.05, 4.69) is 9.98 Å². The average molecular weight is 292 g/mol. The van der Waals surface area contributed by atoms with Crippen LogP contribution in [0.15, 0.2) is 11.1 Å². The quantitative estimate of drug-likeness (QED) is 0.796. The van der Waals surface area contributed by atoms with Crippen molar-refractivity contribution in [2.45, 2.75) is 19.5 Å². The Morgan fingerprint density at radius 2 is 2.05 bits per heavy atom. The number of hydrogen-bond acceptors (Lipinski definition) is 3. The van der Waals surface area contributed by atoms with Crippen LogP contribution in [0.1, 0.15) is 24.5 Å². The van der Waals surface area contributed by atoms with Gasteiger partial charge >= 0.3 is 6.18 Å². The van der Waals surface area contributed by atoms with Gasteiger partial charge in [0, 0.05) is 19.2 Å². The number of aromatic nitrogens is 1. The van der Waals surface area contributed by atoms with Crippen LogP contribution in [0, 0.1) is 0 Å². The van der Waals surface area contributed by atoms with Crippen LogP contribution < -0.4 is 4.90 Å². The van der Waals surface area contributed by atoms with Crippen LogP contribution in [0.3, 0.4) is 0 Å². The molecule has 0 saturated heterocycles. The predicted molar refractivity (Wildman–Crippen MR) is 69.2 cm³/mol. The fourth-order valence-electron chi connectivity index (χ4n) is 1.84. The van der Waals surface area contributed by atoms with E-state index in [-0.39, 0.29) is 16.5 Å². The van der Waals surface area contributed by atoms with Crippen LogP contribution in [0.2, 0.25) is 5.15 Å². The minimum absolute atomic E-state index is 0.0807. The molecule has 0 atom stereocenters. The summed E-state index contributed by atoms with van der Waals surface area (Å²) in [5.41, 5.74) is -0.473. The number of hydrogen-bond donors (Lipinski definition) is 0. The van der Waals surface area contributed by atoms with Crippen molar-refractivity contribution in [1.82, 2.24) is 4.98 Å². The molecule has 3 nitrogen and oxygen atoms in total. The second-order valence-electron chi connectivity index (χ2n) is 4.38. The molecule has 0 aromatic carbocycles. The Balaban J connectivity index is 2.51. The molecule has 1 aromatic heterocycles. The van der Waals surface area contributed by atoms with Crippen molar-refractivity contribution in [3.63, 3.8) is 0 Å². The van der Waals surface area contributed by atoms with E-state index >= 15 is 0 Å². The number of halogens is 4. The average Bonchev–Trinajstić information content (AvgIpc) is 3.11. The van der Waals surface area contributed by atoms with Gasteiger partial charge in [-0.05, 0) is 12.5 Å². The molecular weight excluding hydrogens is 279 g/mol. The van der Waals surface area contributed by atoms with Gasteiger partial charge in [-0.3, -0.25) is 4.99 Å². The van der Waals surface area contributed by atoms with Crippen LogP contribution in [0.25, 0.3) is 0 Å². The summed E-state index contributed by atoms with van der Waals surface area (Å²) >= 11 is 5.90. The molecule has 0 saturated carbocycles. The maximum Gasteiger partial charge on any atom is 0.417 e. The molecule has 0 spiro atoms. The van der Waals surface area contributed by atoms with Crippen molar-refractivity contribution in [2.24, 2.45) is 4.99 Å². The molecule has 0 fully saturated rings. The minimum Gasteiger partial charge on any atom is -0.360 e. The number of pyridine rings is 1. The first-order chi connectivity index (χ1) is 8.84. The zero-order chi connectivity index (χ0) is 14.2. The summed E-state index contributed by atoms with van der Waals surface area (Å²) in [7, 11) is 1.69. The van der Waals surface area contributed by atoms with E-state index in [4.69, 9.17) is 11.6 Å². The van der Waals surface area contributed by atoms with Crippen LogP contribution in [-0.4, -0.2) is 30.8 Å². The highest BCUT2D eigenvalue weighted by atomic mass is 35.5. The topological polar surface area (TPSA) is 28.5 Å². The molecule has 0 N–H and O–H groups in total. The maximum atomic E-state index is 13.1. The first kappa shape index (κ1) is 14.1. The van der Waals surface area contributed by atoms with Gasteiger partial charge in [-0.1, -0.05) is 18.5 Å². The Hall–Kier alpha value is -1.30. The standard InChI is InChI=1S/C12H13ClF3N3/c1-3-4-19(2)9-5-7(12(14,15)16)10(8-6-17-8)11(13)18-9/h5H,3-4,6H2,1-2H3. The molecule has 104 valence electrons. The van der Waals surface area contributed by atoms with Crippen LogP contribution in [0.5, 0.6) is 0 Å². The zero-order valence-electron chi connectivity index (χ0n) is 10.6. The molecule has 0 unspecified atom stereocenters. The molecule has 1 aliphatic rings.